The van der Waals surface area contributed by atoms with Gasteiger partial charge in [-0.25, -0.2) is 0 Å². The van der Waals surface area contributed by atoms with Crippen LogP contribution in [-0.2, 0) is 6.54 Å². The minimum absolute atomic E-state index is 0.0743. The number of nitrogens with zero attached hydrogens (tertiary/aromatic N) is 1. The molecule has 1 aromatic carbocycles. The number of nitrogens with one attached hydrogen (secondary N) is 1. The van der Waals surface area contributed by atoms with Gasteiger partial charge in [-0.3, -0.25) is 0 Å². The molecule has 0 amide bonds. The van der Waals surface area contributed by atoms with E-state index in [2.05, 4.69) is 44.0 Å². The number of aliphatic hydroxyl groups is 1. The van der Waals surface area contributed by atoms with Crippen LogP contribution in [0.25, 0.3) is 0 Å². The number of hydrogen-bond acceptors (Lipinski definition) is 3. The van der Waals surface area contributed by atoms with Crippen molar-refractivity contribution in [2.45, 2.75) is 39.8 Å². The maximum Gasteiger partial charge on any atom is 0.0606 e. The first kappa shape index (κ1) is 16.3. The minimum Gasteiger partial charge on any atom is -0.395 e. The summed E-state index contributed by atoms with van der Waals surface area (Å²) < 4.78 is 0. The highest BCUT2D eigenvalue weighted by molar-refractivity contribution is 6.30. The Bertz CT molecular complexity index is 402. The zero-order chi connectivity index (χ0) is 14.5. The molecule has 0 saturated carbocycles. The largest absolute Gasteiger partial charge is 0.395 e. The normalized spacial score (nSPS) is 11.7. The van der Waals surface area contributed by atoms with Gasteiger partial charge in [-0.15, -0.1) is 0 Å². The van der Waals surface area contributed by atoms with Gasteiger partial charge in [-0.1, -0.05) is 17.7 Å². The van der Waals surface area contributed by atoms with Crippen LogP contribution in [0.2, 0.25) is 5.02 Å². The van der Waals surface area contributed by atoms with E-state index >= 15 is 0 Å². The molecule has 19 heavy (non-hydrogen) atoms. The van der Waals surface area contributed by atoms with E-state index in [1.807, 2.05) is 12.1 Å². The van der Waals surface area contributed by atoms with Gasteiger partial charge in [0.2, 0.25) is 0 Å². The molecule has 0 radical (unpaired) electrons. The van der Waals surface area contributed by atoms with Crippen LogP contribution in [0.5, 0.6) is 0 Å². The van der Waals surface area contributed by atoms with E-state index in [9.17, 15) is 0 Å². The van der Waals surface area contributed by atoms with Crippen molar-refractivity contribution in [2.24, 2.45) is 0 Å². The van der Waals surface area contributed by atoms with Crippen molar-refractivity contribution < 1.29 is 5.11 Å². The van der Waals surface area contributed by atoms with Crippen LogP contribution in [0.15, 0.2) is 18.2 Å². The van der Waals surface area contributed by atoms with Crippen LogP contribution < -0.4 is 10.2 Å². The number of halogens is 1. The van der Waals surface area contributed by atoms with E-state index in [4.69, 9.17) is 16.7 Å². The van der Waals surface area contributed by atoms with Crippen molar-refractivity contribution in [3.05, 3.63) is 28.8 Å². The molecule has 0 spiro atoms. The molecule has 0 aliphatic rings. The predicted octanol–water partition coefficient (Wildman–Crippen LogP) is 3.05. The summed E-state index contributed by atoms with van der Waals surface area (Å²) in [5, 5.41) is 13.4. The second kappa shape index (κ2) is 7.13. The summed E-state index contributed by atoms with van der Waals surface area (Å²) in [6, 6.07) is 5.94. The minimum atomic E-state index is 0.0743. The van der Waals surface area contributed by atoms with E-state index < -0.39 is 0 Å². The van der Waals surface area contributed by atoms with Crippen molar-refractivity contribution >= 4 is 17.3 Å². The third kappa shape index (κ3) is 5.39. The molecule has 0 atom stereocenters. The highest BCUT2D eigenvalue weighted by Crippen LogP contribution is 2.25. The molecule has 4 heteroatoms. The van der Waals surface area contributed by atoms with Gasteiger partial charge in [0.05, 0.1) is 6.61 Å². The number of benzene rings is 1. The van der Waals surface area contributed by atoms with Gasteiger partial charge < -0.3 is 15.3 Å². The van der Waals surface area contributed by atoms with Crippen LogP contribution in [-0.4, -0.2) is 30.3 Å². The lowest BCUT2D eigenvalue weighted by Gasteiger charge is -2.27. The fourth-order valence-corrected chi connectivity index (χ4v) is 2.08. The molecule has 0 aliphatic carbocycles. The van der Waals surface area contributed by atoms with Gasteiger partial charge in [0, 0.05) is 35.9 Å². The van der Waals surface area contributed by atoms with Crippen molar-refractivity contribution in [1.29, 1.82) is 0 Å². The van der Waals surface area contributed by atoms with Gasteiger partial charge in [-0.05, 0) is 45.4 Å². The maximum atomic E-state index is 9.16. The number of hydrogen-bond donors (Lipinski definition) is 2. The molecule has 0 aliphatic heterocycles. The van der Waals surface area contributed by atoms with E-state index in [0.717, 1.165) is 23.8 Å². The van der Waals surface area contributed by atoms with E-state index in [-0.39, 0.29) is 12.1 Å². The molecule has 0 heterocycles. The molecule has 0 bridgehead atoms. The summed E-state index contributed by atoms with van der Waals surface area (Å²) in [6.45, 7) is 10.9. The average Bonchev–Trinajstić information content (AvgIpc) is 2.33. The molecule has 0 fully saturated rings. The Morgan fingerprint density at radius 3 is 2.53 bits per heavy atom. The fraction of sp³-hybridized carbons (Fsp3) is 0.600. The summed E-state index contributed by atoms with van der Waals surface area (Å²) in [4.78, 5) is 2.14. The SMILES string of the molecule is CCN(CCO)c1cc(Cl)ccc1CNC(C)(C)C. The van der Waals surface area contributed by atoms with Gasteiger partial charge in [0.25, 0.3) is 0 Å². The highest BCUT2D eigenvalue weighted by atomic mass is 35.5. The third-order valence-electron chi connectivity index (χ3n) is 2.95. The lowest BCUT2D eigenvalue weighted by Crippen LogP contribution is -2.36. The Balaban J connectivity index is 2.96. The van der Waals surface area contributed by atoms with Gasteiger partial charge >= 0.3 is 0 Å². The fourth-order valence-electron chi connectivity index (χ4n) is 1.91. The monoisotopic (exact) mass is 284 g/mol. The van der Waals surface area contributed by atoms with E-state index in [1.54, 1.807) is 0 Å². The molecule has 108 valence electrons. The van der Waals surface area contributed by atoms with Gasteiger partial charge in [-0.2, -0.15) is 0 Å². The average molecular weight is 285 g/mol. The highest BCUT2D eigenvalue weighted by Gasteiger charge is 2.13. The Kier molecular flexibility index (Phi) is 6.11. The Labute approximate surface area is 121 Å². The molecule has 1 aromatic rings. The van der Waals surface area contributed by atoms with Crippen LogP contribution in [0.3, 0.4) is 0 Å². The quantitative estimate of drug-likeness (QED) is 0.843. The zero-order valence-corrected chi connectivity index (χ0v) is 13.1. The summed E-state index contributed by atoms with van der Waals surface area (Å²) in [7, 11) is 0. The topological polar surface area (TPSA) is 35.5 Å². The Morgan fingerprint density at radius 2 is 2.00 bits per heavy atom. The van der Waals surface area contributed by atoms with Crippen LogP contribution in [0.4, 0.5) is 5.69 Å². The number of likely N-dealkylation sites (N-methyl/N-ethyl adjacent to an activating group) is 1. The van der Waals surface area contributed by atoms with Crippen molar-refractivity contribution in [3.8, 4) is 0 Å². The first-order valence-electron chi connectivity index (χ1n) is 6.76. The van der Waals surface area contributed by atoms with Crippen molar-refractivity contribution in [3.63, 3.8) is 0 Å². The molecular weight excluding hydrogens is 260 g/mol. The molecule has 0 unspecified atom stereocenters. The Morgan fingerprint density at radius 1 is 1.32 bits per heavy atom. The number of aliphatic hydroxyl groups excluding tert-OH is 1. The maximum absolute atomic E-state index is 9.16. The zero-order valence-electron chi connectivity index (χ0n) is 12.3. The third-order valence-corrected chi connectivity index (χ3v) is 3.18. The first-order valence-corrected chi connectivity index (χ1v) is 7.14. The van der Waals surface area contributed by atoms with Crippen molar-refractivity contribution in [2.75, 3.05) is 24.6 Å². The number of anilines is 1. The van der Waals surface area contributed by atoms with Crippen LogP contribution >= 0.6 is 11.6 Å². The molecule has 2 N–H and O–H groups in total. The van der Waals surface area contributed by atoms with Gasteiger partial charge in [0.1, 0.15) is 0 Å². The summed E-state index contributed by atoms with van der Waals surface area (Å²) in [5.74, 6) is 0. The first-order chi connectivity index (χ1) is 8.87. The standard InChI is InChI=1S/C15H25ClN2O/c1-5-18(8-9-19)14-10-13(16)7-6-12(14)11-17-15(2,3)4/h6-7,10,17,19H,5,8-9,11H2,1-4H3. The summed E-state index contributed by atoms with van der Waals surface area (Å²) in [5.41, 5.74) is 2.38. The lowest BCUT2D eigenvalue weighted by atomic mass is 10.1. The predicted molar refractivity (Wildman–Crippen MR) is 83.0 cm³/mol. The van der Waals surface area contributed by atoms with Gasteiger partial charge in [0.15, 0.2) is 0 Å². The molecule has 0 aromatic heterocycles. The molecular formula is C15H25ClN2O. The van der Waals surface area contributed by atoms with E-state index in [0.29, 0.717) is 6.54 Å². The second-order valence-corrected chi connectivity index (χ2v) is 6.12. The smallest absolute Gasteiger partial charge is 0.0606 e. The molecule has 1 rings (SSSR count). The molecule has 0 saturated heterocycles. The van der Waals surface area contributed by atoms with Crippen LogP contribution in [0, 0.1) is 0 Å². The lowest BCUT2D eigenvalue weighted by molar-refractivity contribution is 0.302. The van der Waals surface area contributed by atoms with Crippen molar-refractivity contribution in [1.82, 2.24) is 5.32 Å². The Hall–Kier alpha value is -0.770. The summed E-state index contributed by atoms with van der Waals surface area (Å²) in [6.07, 6.45) is 0. The second-order valence-electron chi connectivity index (χ2n) is 5.68. The van der Waals surface area contributed by atoms with E-state index in [1.165, 1.54) is 5.56 Å². The number of rotatable bonds is 6. The summed E-state index contributed by atoms with van der Waals surface area (Å²) >= 11 is 6.10. The molecule has 3 nitrogen and oxygen atoms in total. The van der Waals surface area contributed by atoms with Crippen LogP contribution in [0.1, 0.15) is 33.3 Å².